The highest BCUT2D eigenvalue weighted by Crippen LogP contribution is 2.15. The van der Waals surface area contributed by atoms with Crippen LogP contribution in [-0.4, -0.2) is 12.5 Å². The van der Waals surface area contributed by atoms with E-state index in [0.29, 0.717) is 23.8 Å². The van der Waals surface area contributed by atoms with Gasteiger partial charge in [0.05, 0.1) is 0 Å². The Bertz CT molecular complexity index is 323. The first-order chi connectivity index (χ1) is 6.74. The number of halogens is 2. The fraction of sp³-hybridized carbons (Fsp3) is 0.273. The summed E-state index contributed by atoms with van der Waals surface area (Å²) in [6, 6.07) is 4.68. The summed E-state index contributed by atoms with van der Waals surface area (Å²) >= 11 is 5.44. The van der Waals surface area contributed by atoms with Crippen molar-refractivity contribution in [1.29, 1.82) is 0 Å². The second-order valence-electron chi connectivity index (χ2n) is 2.85. The summed E-state index contributed by atoms with van der Waals surface area (Å²) in [7, 11) is 0. The molecule has 0 saturated carbocycles. The molecule has 1 rings (SSSR count). The van der Waals surface area contributed by atoms with E-state index in [4.69, 9.17) is 16.3 Å². The van der Waals surface area contributed by atoms with Crippen LogP contribution in [0.15, 0.2) is 30.4 Å². The molecular weight excluding hydrogens is 203 g/mol. The van der Waals surface area contributed by atoms with Crippen LogP contribution in [-0.2, 0) is 0 Å². The molecule has 0 aromatic heterocycles. The quantitative estimate of drug-likeness (QED) is 0.552. The van der Waals surface area contributed by atoms with Gasteiger partial charge in [-0.05, 0) is 30.7 Å². The molecule has 0 fully saturated rings. The highest BCUT2D eigenvalue weighted by Gasteiger charge is 1.98. The zero-order chi connectivity index (χ0) is 10.4. The first-order valence-electron chi connectivity index (χ1n) is 4.34. The lowest BCUT2D eigenvalue weighted by Crippen LogP contribution is -1.94. The molecule has 0 heterocycles. The number of aryl methyl sites for hydroxylation is 1. The molecule has 76 valence electrons. The molecule has 1 aromatic rings. The number of hydrogen-bond acceptors (Lipinski definition) is 1. The van der Waals surface area contributed by atoms with Crippen LogP contribution in [0.4, 0.5) is 4.39 Å². The van der Waals surface area contributed by atoms with Gasteiger partial charge in [-0.3, -0.25) is 0 Å². The van der Waals surface area contributed by atoms with Crippen molar-refractivity contribution in [3.63, 3.8) is 0 Å². The summed E-state index contributed by atoms with van der Waals surface area (Å²) < 4.78 is 18.2. The summed E-state index contributed by atoms with van der Waals surface area (Å²) in [5.74, 6) is 0.933. The first-order valence-corrected chi connectivity index (χ1v) is 4.87. The Morgan fingerprint density at radius 3 is 2.86 bits per heavy atom. The summed E-state index contributed by atoms with van der Waals surface area (Å²) in [5.41, 5.74) is 0.587. The van der Waals surface area contributed by atoms with Gasteiger partial charge in [0.25, 0.3) is 0 Å². The maximum Gasteiger partial charge on any atom is 0.126 e. The molecule has 14 heavy (non-hydrogen) atoms. The molecule has 0 atom stereocenters. The average molecular weight is 215 g/mol. The molecule has 0 bridgehead atoms. The number of ether oxygens (including phenoxy) is 1. The van der Waals surface area contributed by atoms with Gasteiger partial charge in [-0.15, -0.1) is 11.6 Å². The Morgan fingerprint density at radius 2 is 2.21 bits per heavy atom. The maximum atomic E-state index is 12.9. The van der Waals surface area contributed by atoms with Gasteiger partial charge in [0.2, 0.25) is 0 Å². The molecule has 0 unspecified atom stereocenters. The highest BCUT2D eigenvalue weighted by atomic mass is 35.5. The van der Waals surface area contributed by atoms with Gasteiger partial charge in [0, 0.05) is 5.88 Å². The Labute approximate surface area is 88.1 Å². The summed E-state index contributed by atoms with van der Waals surface area (Å²) in [5, 5.41) is 0. The molecule has 0 aliphatic carbocycles. The fourth-order valence-electron chi connectivity index (χ4n) is 0.982. The molecular formula is C11H12ClFO. The van der Waals surface area contributed by atoms with Crippen molar-refractivity contribution in [1.82, 2.24) is 0 Å². The lowest BCUT2D eigenvalue weighted by Gasteiger charge is -2.04. The van der Waals surface area contributed by atoms with Crippen LogP contribution in [0.25, 0.3) is 0 Å². The van der Waals surface area contributed by atoms with E-state index in [0.717, 1.165) is 0 Å². The number of alkyl halides is 1. The topological polar surface area (TPSA) is 9.23 Å². The molecule has 0 saturated heterocycles. The van der Waals surface area contributed by atoms with Gasteiger partial charge in [0.1, 0.15) is 18.2 Å². The Hall–Kier alpha value is -1.02. The Kier molecular flexibility index (Phi) is 4.47. The molecule has 3 heteroatoms. The third kappa shape index (κ3) is 3.38. The van der Waals surface area contributed by atoms with Crippen molar-refractivity contribution < 1.29 is 9.13 Å². The standard InChI is InChI=1S/C11H12ClFO/c1-9-8-10(4-5-11(9)13)14-7-3-2-6-12/h2-5,8H,6-7H2,1H3/b3-2+. The van der Waals surface area contributed by atoms with Crippen molar-refractivity contribution >= 4 is 11.6 Å². The van der Waals surface area contributed by atoms with Gasteiger partial charge in [-0.2, -0.15) is 0 Å². The van der Waals surface area contributed by atoms with Crippen LogP contribution in [0.3, 0.4) is 0 Å². The van der Waals surface area contributed by atoms with E-state index in [9.17, 15) is 4.39 Å². The lowest BCUT2D eigenvalue weighted by atomic mass is 10.2. The van der Waals surface area contributed by atoms with Crippen LogP contribution in [0.1, 0.15) is 5.56 Å². The van der Waals surface area contributed by atoms with Crippen LogP contribution in [0.5, 0.6) is 5.75 Å². The molecule has 1 aromatic carbocycles. The molecule has 0 amide bonds. The third-order valence-corrected chi connectivity index (χ3v) is 1.91. The van der Waals surface area contributed by atoms with Gasteiger partial charge in [0.15, 0.2) is 0 Å². The van der Waals surface area contributed by atoms with E-state index < -0.39 is 0 Å². The maximum absolute atomic E-state index is 12.9. The Balaban J connectivity index is 2.51. The van der Waals surface area contributed by atoms with Crippen molar-refractivity contribution in [3.8, 4) is 5.75 Å². The number of rotatable bonds is 4. The average Bonchev–Trinajstić information content (AvgIpc) is 2.18. The lowest BCUT2D eigenvalue weighted by molar-refractivity contribution is 0.361. The van der Waals surface area contributed by atoms with Crippen molar-refractivity contribution in [2.24, 2.45) is 0 Å². The molecule has 0 N–H and O–H groups in total. The molecule has 0 radical (unpaired) electrons. The van der Waals surface area contributed by atoms with Gasteiger partial charge < -0.3 is 4.74 Å². The van der Waals surface area contributed by atoms with Crippen LogP contribution in [0, 0.1) is 12.7 Å². The van der Waals surface area contributed by atoms with E-state index in [1.807, 2.05) is 6.08 Å². The number of benzene rings is 1. The van der Waals surface area contributed by atoms with E-state index in [1.165, 1.54) is 6.07 Å². The highest BCUT2D eigenvalue weighted by molar-refractivity contribution is 6.18. The molecule has 0 spiro atoms. The first kappa shape index (κ1) is 11.1. The summed E-state index contributed by atoms with van der Waals surface area (Å²) in [4.78, 5) is 0. The van der Waals surface area contributed by atoms with Crippen LogP contribution < -0.4 is 4.74 Å². The molecule has 0 aliphatic rings. The minimum absolute atomic E-state index is 0.214. The van der Waals surface area contributed by atoms with Crippen molar-refractivity contribution in [2.45, 2.75) is 6.92 Å². The normalized spacial score (nSPS) is 10.8. The van der Waals surface area contributed by atoms with Crippen LogP contribution in [0.2, 0.25) is 0 Å². The predicted molar refractivity (Wildman–Crippen MR) is 56.5 cm³/mol. The molecule has 1 nitrogen and oxygen atoms in total. The SMILES string of the molecule is Cc1cc(OC/C=C/CCl)ccc1F. The van der Waals surface area contributed by atoms with Crippen molar-refractivity contribution in [3.05, 3.63) is 41.7 Å². The smallest absolute Gasteiger partial charge is 0.126 e. The summed E-state index contributed by atoms with van der Waals surface area (Å²) in [6.07, 6.45) is 3.63. The second-order valence-corrected chi connectivity index (χ2v) is 3.16. The van der Waals surface area contributed by atoms with E-state index >= 15 is 0 Å². The fourth-order valence-corrected chi connectivity index (χ4v) is 1.11. The zero-order valence-electron chi connectivity index (χ0n) is 7.97. The number of allylic oxidation sites excluding steroid dienone is 1. The van der Waals surface area contributed by atoms with Gasteiger partial charge in [-0.25, -0.2) is 4.39 Å². The van der Waals surface area contributed by atoms with E-state index in [2.05, 4.69) is 0 Å². The van der Waals surface area contributed by atoms with Gasteiger partial charge in [-0.1, -0.05) is 12.2 Å². The van der Waals surface area contributed by atoms with Gasteiger partial charge >= 0.3 is 0 Å². The Morgan fingerprint density at radius 1 is 1.43 bits per heavy atom. The van der Waals surface area contributed by atoms with E-state index in [-0.39, 0.29) is 5.82 Å². The monoisotopic (exact) mass is 214 g/mol. The molecule has 0 aliphatic heterocycles. The van der Waals surface area contributed by atoms with E-state index in [1.54, 1.807) is 25.1 Å². The predicted octanol–water partition coefficient (Wildman–Crippen LogP) is 3.31. The summed E-state index contributed by atoms with van der Waals surface area (Å²) in [6.45, 7) is 2.16. The minimum atomic E-state index is -0.214. The van der Waals surface area contributed by atoms with Crippen LogP contribution >= 0.6 is 11.6 Å². The minimum Gasteiger partial charge on any atom is -0.490 e. The van der Waals surface area contributed by atoms with Crippen molar-refractivity contribution in [2.75, 3.05) is 12.5 Å². The second kappa shape index (κ2) is 5.66. The largest absolute Gasteiger partial charge is 0.490 e. The number of hydrogen-bond donors (Lipinski definition) is 0. The zero-order valence-corrected chi connectivity index (χ0v) is 8.72. The third-order valence-electron chi connectivity index (χ3n) is 1.73.